The highest BCUT2D eigenvalue weighted by atomic mass is 32.1. The van der Waals surface area contributed by atoms with Gasteiger partial charge in [-0.05, 0) is 74.1 Å². The molecule has 2 aromatic rings. The van der Waals surface area contributed by atoms with E-state index in [9.17, 15) is 5.11 Å². The van der Waals surface area contributed by atoms with E-state index in [-0.39, 0.29) is 11.0 Å². The first-order chi connectivity index (χ1) is 11.1. The lowest BCUT2D eigenvalue weighted by Gasteiger charge is -2.62. The van der Waals surface area contributed by atoms with Crippen LogP contribution >= 0.6 is 11.3 Å². The van der Waals surface area contributed by atoms with Gasteiger partial charge in [-0.25, -0.2) is 4.98 Å². The van der Waals surface area contributed by atoms with Crippen molar-refractivity contribution in [1.82, 2.24) is 9.55 Å². The fourth-order valence-electron chi connectivity index (χ4n) is 6.31. The van der Waals surface area contributed by atoms with Gasteiger partial charge in [-0.2, -0.15) is 11.3 Å². The molecule has 2 unspecified atom stereocenters. The van der Waals surface area contributed by atoms with Gasteiger partial charge in [0.15, 0.2) is 0 Å². The van der Waals surface area contributed by atoms with Crippen LogP contribution < -0.4 is 0 Å². The summed E-state index contributed by atoms with van der Waals surface area (Å²) in [6, 6.07) is 2.56. The lowest BCUT2D eigenvalue weighted by atomic mass is 9.46. The number of imidazole rings is 1. The van der Waals surface area contributed by atoms with Crippen LogP contribution in [0.15, 0.2) is 29.2 Å². The van der Waals surface area contributed by atoms with E-state index in [4.69, 9.17) is 0 Å². The molecule has 3 nitrogen and oxygen atoms in total. The first kappa shape index (κ1) is 14.2. The van der Waals surface area contributed by atoms with Crippen molar-refractivity contribution < 1.29 is 5.11 Å². The second-order valence-electron chi connectivity index (χ2n) is 8.39. The summed E-state index contributed by atoms with van der Waals surface area (Å²) in [5.41, 5.74) is 1.08. The average molecular weight is 328 g/mol. The zero-order valence-corrected chi connectivity index (χ0v) is 14.4. The maximum Gasteiger partial charge on any atom is 0.140 e. The fraction of sp³-hybridized carbons (Fsp3) is 0.632. The minimum absolute atomic E-state index is 0.254. The third-order valence-corrected chi connectivity index (χ3v) is 7.51. The lowest BCUT2D eigenvalue weighted by Crippen LogP contribution is -2.57. The van der Waals surface area contributed by atoms with Crippen LogP contribution in [0.4, 0.5) is 0 Å². The van der Waals surface area contributed by atoms with Gasteiger partial charge in [-0.15, -0.1) is 0 Å². The zero-order chi connectivity index (χ0) is 15.7. The van der Waals surface area contributed by atoms with E-state index in [1.165, 1.54) is 24.8 Å². The summed E-state index contributed by atoms with van der Waals surface area (Å²) in [4.78, 5) is 4.63. The Bertz CT molecular complexity index is 706. The van der Waals surface area contributed by atoms with Crippen molar-refractivity contribution in [3.05, 3.63) is 29.2 Å². The second kappa shape index (κ2) is 4.70. The molecule has 1 N–H and O–H groups in total. The highest BCUT2D eigenvalue weighted by Crippen LogP contribution is 2.65. The fourth-order valence-corrected chi connectivity index (χ4v) is 6.94. The molecule has 6 rings (SSSR count). The van der Waals surface area contributed by atoms with E-state index < -0.39 is 0 Å². The van der Waals surface area contributed by atoms with Gasteiger partial charge in [0.1, 0.15) is 5.82 Å². The summed E-state index contributed by atoms with van der Waals surface area (Å²) in [7, 11) is 0. The molecule has 0 radical (unpaired) electrons. The molecule has 2 aromatic heterocycles. The van der Waals surface area contributed by atoms with Crippen molar-refractivity contribution in [3.8, 4) is 11.4 Å². The number of nitrogens with zero attached hydrogens (tertiary/aromatic N) is 2. The third kappa shape index (κ3) is 2.07. The smallest absolute Gasteiger partial charge is 0.140 e. The van der Waals surface area contributed by atoms with Crippen molar-refractivity contribution in [2.75, 3.05) is 0 Å². The lowest BCUT2D eigenvalue weighted by molar-refractivity contribution is -0.176. The Kier molecular flexibility index (Phi) is 2.91. The SMILES string of the molecule is C[C@H](n1ccnc1-c1ccsc1)C12C[C@@H]3C[C@@H](CC(O)(C3)C1)C2. The molecular formula is C19H24N2OS. The van der Waals surface area contributed by atoms with Crippen LogP contribution in [-0.2, 0) is 0 Å². The Morgan fingerprint density at radius 1 is 1.30 bits per heavy atom. The Labute approximate surface area is 141 Å². The molecule has 0 spiro atoms. The van der Waals surface area contributed by atoms with Crippen LogP contribution in [0.1, 0.15) is 51.5 Å². The van der Waals surface area contributed by atoms with Gasteiger partial charge in [0.25, 0.3) is 0 Å². The summed E-state index contributed by atoms with van der Waals surface area (Å²) in [5.74, 6) is 2.55. The van der Waals surface area contributed by atoms with Gasteiger partial charge in [-0.3, -0.25) is 0 Å². The van der Waals surface area contributed by atoms with E-state index in [2.05, 4.69) is 39.5 Å². The Morgan fingerprint density at radius 2 is 2.09 bits per heavy atom. The minimum Gasteiger partial charge on any atom is -0.390 e. The van der Waals surface area contributed by atoms with Crippen LogP contribution in [-0.4, -0.2) is 20.3 Å². The predicted molar refractivity (Wildman–Crippen MR) is 92.3 cm³/mol. The number of hydrogen-bond acceptors (Lipinski definition) is 3. The molecule has 4 aliphatic rings. The first-order valence-corrected chi connectivity index (χ1v) is 9.79. The standard InChI is InChI=1S/C19H24N2OS/c1-13(21-4-3-20-17(21)16-2-5-23-11-16)18-7-14-6-15(8-18)10-19(22,9-14)12-18/h2-5,11,13-15,22H,6-10,12H2,1H3/t13-,14-,15+,18?,19?/m0/s1. The van der Waals surface area contributed by atoms with Crippen LogP contribution in [0.5, 0.6) is 0 Å². The van der Waals surface area contributed by atoms with Crippen molar-refractivity contribution in [1.29, 1.82) is 0 Å². The number of hydrogen-bond donors (Lipinski definition) is 1. The average Bonchev–Trinajstić information content (AvgIpc) is 3.15. The number of aliphatic hydroxyl groups is 1. The topological polar surface area (TPSA) is 38.0 Å². The van der Waals surface area contributed by atoms with Gasteiger partial charge in [-0.1, -0.05) is 0 Å². The molecule has 4 heteroatoms. The number of aromatic nitrogens is 2. The molecule has 0 saturated heterocycles. The van der Waals surface area contributed by atoms with Crippen LogP contribution in [0.3, 0.4) is 0 Å². The monoisotopic (exact) mass is 328 g/mol. The molecule has 4 bridgehead atoms. The van der Waals surface area contributed by atoms with Gasteiger partial charge in [0.2, 0.25) is 0 Å². The molecule has 4 saturated carbocycles. The highest BCUT2D eigenvalue weighted by Gasteiger charge is 2.59. The Balaban J connectivity index is 1.54. The molecule has 4 fully saturated rings. The van der Waals surface area contributed by atoms with Crippen molar-refractivity contribution in [2.24, 2.45) is 17.3 Å². The van der Waals surface area contributed by atoms with E-state index in [0.29, 0.717) is 6.04 Å². The predicted octanol–water partition coefficient (Wildman–Crippen LogP) is 4.50. The Hall–Kier alpha value is -1.13. The molecule has 0 aromatic carbocycles. The van der Waals surface area contributed by atoms with E-state index in [1.54, 1.807) is 11.3 Å². The summed E-state index contributed by atoms with van der Waals surface area (Å²) < 4.78 is 2.37. The number of thiophene rings is 1. The Morgan fingerprint density at radius 3 is 2.74 bits per heavy atom. The maximum atomic E-state index is 11.0. The van der Waals surface area contributed by atoms with Gasteiger partial charge in [0.05, 0.1) is 5.60 Å². The summed E-state index contributed by atoms with van der Waals surface area (Å²) >= 11 is 1.72. The molecule has 23 heavy (non-hydrogen) atoms. The van der Waals surface area contributed by atoms with E-state index in [0.717, 1.165) is 36.9 Å². The molecule has 5 atom stereocenters. The summed E-state index contributed by atoms with van der Waals surface area (Å²) in [5, 5.41) is 15.3. The second-order valence-corrected chi connectivity index (χ2v) is 9.17. The minimum atomic E-state index is -0.387. The molecule has 0 amide bonds. The molecular weight excluding hydrogens is 304 g/mol. The molecule has 4 aliphatic carbocycles. The highest BCUT2D eigenvalue weighted by molar-refractivity contribution is 7.08. The third-order valence-electron chi connectivity index (χ3n) is 6.83. The van der Waals surface area contributed by atoms with Gasteiger partial charge < -0.3 is 9.67 Å². The summed E-state index contributed by atoms with van der Waals surface area (Å²) in [6.45, 7) is 2.36. The zero-order valence-electron chi connectivity index (χ0n) is 13.6. The largest absolute Gasteiger partial charge is 0.390 e. The number of rotatable bonds is 3. The van der Waals surface area contributed by atoms with Crippen LogP contribution in [0.2, 0.25) is 0 Å². The maximum absolute atomic E-state index is 11.0. The van der Waals surface area contributed by atoms with Gasteiger partial charge in [0, 0.05) is 29.4 Å². The van der Waals surface area contributed by atoms with E-state index in [1.807, 2.05) is 6.20 Å². The van der Waals surface area contributed by atoms with Crippen LogP contribution in [0.25, 0.3) is 11.4 Å². The van der Waals surface area contributed by atoms with Crippen molar-refractivity contribution >= 4 is 11.3 Å². The molecule has 122 valence electrons. The molecule has 2 heterocycles. The summed E-state index contributed by atoms with van der Waals surface area (Å²) in [6.07, 6.45) is 11.0. The van der Waals surface area contributed by atoms with Crippen molar-refractivity contribution in [3.63, 3.8) is 0 Å². The van der Waals surface area contributed by atoms with Gasteiger partial charge >= 0.3 is 0 Å². The quantitative estimate of drug-likeness (QED) is 0.900. The van der Waals surface area contributed by atoms with E-state index >= 15 is 0 Å². The first-order valence-electron chi connectivity index (χ1n) is 8.85. The normalized spacial score (nSPS) is 39.7. The van der Waals surface area contributed by atoms with Crippen molar-refractivity contribution in [2.45, 2.75) is 57.1 Å². The molecule has 0 aliphatic heterocycles. The van der Waals surface area contributed by atoms with Crippen LogP contribution in [0, 0.1) is 17.3 Å².